The van der Waals surface area contributed by atoms with Gasteiger partial charge in [0.05, 0.1) is 0 Å². The summed E-state index contributed by atoms with van der Waals surface area (Å²) in [6.07, 6.45) is 97.6. The highest BCUT2D eigenvalue weighted by Gasteiger charge is 2.19. The molecule has 0 bridgehead atoms. The fourth-order valence-corrected chi connectivity index (χ4v) is 8.92. The van der Waals surface area contributed by atoms with Crippen LogP contribution in [-0.4, -0.2) is 37.2 Å². The van der Waals surface area contributed by atoms with Gasteiger partial charge < -0.3 is 14.2 Å². The van der Waals surface area contributed by atoms with E-state index in [1.54, 1.807) is 0 Å². The molecule has 0 heterocycles. The summed E-state index contributed by atoms with van der Waals surface area (Å²) in [6.45, 7) is 6.33. The van der Waals surface area contributed by atoms with Crippen molar-refractivity contribution >= 4 is 17.9 Å². The smallest absolute Gasteiger partial charge is 0.306 e. The second-order valence-corrected chi connectivity index (χ2v) is 21.6. The first-order chi connectivity index (χ1) is 40.0. The molecule has 0 amide bonds. The van der Waals surface area contributed by atoms with Crippen molar-refractivity contribution in [2.45, 2.75) is 297 Å². The maximum atomic E-state index is 12.8. The van der Waals surface area contributed by atoms with Crippen LogP contribution in [0.3, 0.4) is 0 Å². The van der Waals surface area contributed by atoms with Crippen LogP contribution in [0.25, 0.3) is 0 Å². The molecule has 0 rings (SSSR count). The Hall–Kier alpha value is -4.71. The van der Waals surface area contributed by atoms with Crippen LogP contribution < -0.4 is 0 Å². The fraction of sp³-hybridized carbons (Fsp3) is 0.640. The van der Waals surface area contributed by atoms with E-state index in [-0.39, 0.29) is 31.1 Å². The summed E-state index contributed by atoms with van der Waals surface area (Å²) in [5.74, 6) is -0.908. The summed E-state index contributed by atoms with van der Waals surface area (Å²) in [5, 5.41) is 0. The van der Waals surface area contributed by atoms with E-state index in [0.717, 1.165) is 148 Å². The Balaban J connectivity index is 4.07. The Morgan fingerprint density at radius 2 is 0.481 bits per heavy atom. The second-order valence-electron chi connectivity index (χ2n) is 21.6. The van der Waals surface area contributed by atoms with Gasteiger partial charge in [-0.1, -0.05) is 295 Å². The van der Waals surface area contributed by atoms with Gasteiger partial charge in [-0.05, 0) is 122 Å². The average molecular weight is 1120 g/mol. The van der Waals surface area contributed by atoms with Crippen LogP contribution in [0.5, 0.6) is 0 Å². The summed E-state index contributed by atoms with van der Waals surface area (Å²) in [4.78, 5) is 38.0. The number of ether oxygens (including phenoxy) is 3. The third kappa shape index (κ3) is 66.0. The molecule has 0 aliphatic heterocycles. The fourth-order valence-electron chi connectivity index (χ4n) is 8.92. The molecule has 6 nitrogen and oxygen atoms in total. The molecule has 81 heavy (non-hydrogen) atoms. The lowest BCUT2D eigenvalue weighted by Crippen LogP contribution is -2.30. The lowest BCUT2D eigenvalue weighted by Gasteiger charge is -2.18. The van der Waals surface area contributed by atoms with Gasteiger partial charge in [0, 0.05) is 19.3 Å². The normalized spacial score (nSPS) is 13.1. The summed E-state index contributed by atoms with van der Waals surface area (Å²) in [7, 11) is 0. The predicted molar refractivity (Wildman–Crippen MR) is 352 cm³/mol. The van der Waals surface area contributed by atoms with Crippen LogP contribution in [-0.2, 0) is 28.6 Å². The van der Waals surface area contributed by atoms with Gasteiger partial charge in [0.25, 0.3) is 0 Å². The van der Waals surface area contributed by atoms with E-state index in [4.69, 9.17) is 14.2 Å². The first-order valence-corrected chi connectivity index (χ1v) is 33.3. The van der Waals surface area contributed by atoms with Crippen LogP contribution in [0.4, 0.5) is 0 Å². The van der Waals surface area contributed by atoms with Gasteiger partial charge in [-0.3, -0.25) is 14.4 Å². The number of hydrogen-bond donors (Lipinski definition) is 0. The van der Waals surface area contributed by atoms with Crippen molar-refractivity contribution in [2.24, 2.45) is 0 Å². The van der Waals surface area contributed by atoms with Gasteiger partial charge in [0.1, 0.15) is 13.2 Å². The molecule has 0 spiro atoms. The zero-order valence-electron chi connectivity index (χ0n) is 52.5. The molecule has 0 aromatic rings. The Morgan fingerprint density at radius 3 is 0.753 bits per heavy atom. The minimum atomic E-state index is -0.784. The molecule has 0 saturated carbocycles. The van der Waals surface area contributed by atoms with Crippen molar-refractivity contribution < 1.29 is 28.6 Å². The SMILES string of the molecule is CC/C=C\C/C=C\C/C=C\C/C=C\C/C=C\C/C=C\C/C=C\C/C=C\CCCCCCCCCCC(=O)OCC(COC(=O)CCCCCCC)OC(=O)CCCCCCCCCCCCCC/C=C\C/C=C\C/C=C\C/C=C\CC. The molecule has 0 aliphatic rings. The molecule has 6 heteroatoms. The van der Waals surface area contributed by atoms with Gasteiger partial charge in [0.2, 0.25) is 0 Å². The van der Waals surface area contributed by atoms with E-state index in [2.05, 4.69) is 167 Å². The zero-order chi connectivity index (χ0) is 58.5. The van der Waals surface area contributed by atoms with E-state index >= 15 is 0 Å². The minimum absolute atomic E-state index is 0.0845. The van der Waals surface area contributed by atoms with Crippen LogP contribution in [0.1, 0.15) is 290 Å². The van der Waals surface area contributed by atoms with Gasteiger partial charge in [-0.15, -0.1) is 0 Å². The molecule has 0 saturated heterocycles. The molecule has 0 aliphatic carbocycles. The quantitative estimate of drug-likeness (QED) is 0.0261. The highest BCUT2D eigenvalue weighted by atomic mass is 16.6. The largest absolute Gasteiger partial charge is 0.462 e. The molecule has 0 radical (unpaired) electrons. The van der Waals surface area contributed by atoms with Gasteiger partial charge in [0.15, 0.2) is 6.10 Å². The Kier molecular flexibility index (Phi) is 63.9. The number of rotatable bonds is 59. The highest BCUT2D eigenvalue weighted by Crippen LogP contribution is 2.16. The minimum Gasteiger partial charge on any atom is -0.462 e. The van der Waals surface area contributed by atoms with E-state index < -0.39 is 6.10 Å². The first-order valence-electron chi connectivity index (χ1n) is 33.3. The van der Waals surface area contributed by atoms with E-state index in [9.17, 15) is 14.4 Å². The number of allylic oxidation sites excluding steroid dienone is 24. The molecule has 1 unspecified atom stereocenters. The third-order valence-electron chi connectivity index (χ3n) is 13.8. The molecule has 458 valence electrons. The second kappa shape index (κ2) is 67.8. The molecule has 0 fully saturated rings. The molecular formula is C75H122O6. The number of hydrogen-bond acceptors (Lipinski definition) is 6. The maximum Gasteiger partial charge on any atom is 0.306 e. The summed E-state index contributed by atoms with van der Waals surface area (Å²) < 4.78 is 16.8. The third-order valence-corrected chi connectivity index (χ3v) is 13.8. The van der Waals surface area contributed by atoms with Crippen LogP contribution >= 0.6 is 0 Å². The van der Waals surface area contributed by atoms with Crippen molar-refractivity contribution in [1.29, 1.82) is 0 Å². The number of unbranched alkanes of at least 4 members (excludes halogenated alkanes) is 24. The van der Waals surface area contributed by atoms with E-state index in [1.165, 1.54) is 103 Å². The van der Waals surface area contributed by atoms with Crippen LogP contribution in [0.15, 0.2) is 146 Å². The van der Waals surface area contributed by atoms with Crippen molar-refractivity contribution in [3.8, 4) is 0 Å². The van der Waals surface area contributed by atoms with Crippen molar-refractivity contribution in [2.75, 3.05) is 13.2 Å². The van der Waals surface area contributed by atoms with E-state index in [1.807, 2.05) is 0 Å². The standard InChI is InChI=1S/C75H122O6/c1-4-7-10-13-15-17-19-21-23-25-27-29-31-33-34-35-36-37-38-39-40-42-43-45-47-49-51-53-55-57-59-62-65-68-74(77)80-71-72(70-79-73(76)67-64-61-12-9-6-3)81-75(78)69-66-63-60-58-56-54-52-50-48-46-44-41-32-30-28-26-24-22-20-18-16-14-11-8-5-2/h7-8,10-11,15-18,21-24,27-30,33-34,36-37,39-40,43,45,72H,4-6,9,12-14,19-20,25-26,31-32,35,38,41-42,44,46-71H2,1-3H3/b10-7-,11-8-,17-15-,18-16-,23-21-,24-22-,29-27-,30-28-,34-33-,37-36-,40-39-,45-43-. The summed E-state index contributed by atoms with van der Waals surface area (Å²) in [5.41, 5.74) is 0. The zero-order valence-corrected chi connectivity index (χ0v) is 52.5. The summed E-state index contributed by atoms with van der Waals surface area (Å²) in [6, 6.07) is 0. The first kappa shape index (κ1) is 76.3. The highest BCUT2D eigenvalue weighted by molar-refractivity contribution is 5.71. The van der Waals surface area contributed by atoms with Crippen molar-refractivity contribution in [3.05, 3.63) is 146 Å². The van der Waals surface area contributed by atoms with Crippen LogP contribution in [0, 0.1) is 0 Å². The van der Waals surface area contributed by atoms with E-state index in [0.29, 0.717) is 19.3 Å². The lowest BCUT2D eigenvalue weighted by atomic mass is 10.0. The molecule has 0 aromatic heterocycles. The Bertz CT molecular complexity index is 1760. The molecular weight excluding hydrogens is 997 g/mol. The monoisotopic (exact) mass is 1120 g/mol. The Labute approximate surface area is 499 Å². The number of esters is 3. The van der Waals surface area contributed by atoms with Gasteiger partial charge >= 0.3 is 17.9 Å². The van der Waals surface area contributed by atoms with Crippen LogP contribution in [0.2, 0.25) is 0 Å². The lowest BCUT2D eigenvalue weighted by molar-refractivity contribution is -0.167. The Morgan fingerprint density at radius 1 is 0.259 bits per heavy atom. The van der Waals surface area contributed by atoms with Crippen molar-refractivity contribution in [3.63, 3.8) is 0 Å². The summed E-state index contributed by atoms with van der Waals surface area (Å²) >= 11 is 0. The molecule has 1 atom stereocenters. The van der Waals surface area contributed by atoms with Crippen molar-refractivity contribution in [1.82, 2.24) is 0 Å². The topological polar surface area (TPSA) is 78.9 Å². The molecule has 0 aromatic carbocycles. The van der Waals surface area contributed by atoms with Gasteiger partial charge in [-0.25, -0.2) is 0 Å². The average Bonchev–Trinajstić information content (AvgIpc) is 3.47. The molecule has 0 N–H and O–H groups in total. The maximum absolute atomic E-state index is 12.8. The predicted octanol–water partition coefficient (Wildman–Crippen LogP) is 23.1. The van der Waals surface area contributed by atoms with Gasteiger partial charge in [-0.2, -0.15) is 0 Å². The number of carbonyl (C=O) groups is 3. The number of carbonyl (C=O) groups excluding carboxylic acids is 3.